The van der Waals surface area contributed by atoms with Crippen LogP contribution in [0.3, 0.4) is 0 Å². The number of aliphatic hydroxyl groups excluding tert-OH is 1. The molecule has 0 aliphatic carbocycles. The maximum absolute atomic E-state index is 11.9. The average molecular weight is 409 g/mol. The van der Waals surface area contributed by atoms with Gasteiger partial charge in [0.1, 0.15) is 6.54 Å². The molecule has 0 spiro atoms. The molecule has 0 radical (unpaired) electrons. The van der Waals surface area contributed by atoms with Crippen molar-refractivity contribution in [1.29, 1.82) is 0 Å². The van der Waals surface area contributed by atoms with Crippen molar-refractivity contribution in [2.24, 2.45) is 0 Å². The molecular formula is C19H34N2NaO6+. The normalized spacial score (nSPS) is 12.5. The number of hydrogen-bond donors (Lipinski definition) is 3. The monoisotopic (exact) mass is 409 g/mol. The Bertz CT molecular complexity index is 453. The predicted molar refractivity (Wildman–Crippen MR) is 99.6 cm³/mol. The SMILES string of the molecule is C=CCCCCC(=O)NCC[N+](CCO)(CCCC(=O)[O-])CCCC(=O)O.[Na+]. The Labute approximate surface area is 189 Å². The summed E-state index contributed by atoms with van der Waals surface area (Å²) in [7, 11) is 0. The molecule has 0 saturated heterocycles. The number of carboxylic acids is 2. The maximum atomic E-state index is 11.9. The maximum Gasteiger partial charge on any atom is 1.00 e. The minimum absolute atomic E-state index is 0. The number of quaternary nitrogens is 1. The molecule has 0 aromatic rings. The number of nitrogens with zero attached hydrogens (tertiary/aromatic N) is 1. The molecular weight excluding hydrogens is 375 g/mol. The Balaban J connectivity index is 0. The third-order valence-corrected chi connectivity index (χ3v) is 4.58. The second kappa shape index (κ2) is 18.1. The van der Waals surface area contributed by atoms with Gasteiger partial charge in [-0.2, -0.15) is 0 Å². The minimum Gasteiger partial charge on any atom is -0.550 e. The number of nitrogens with one attached hydrogen (secondary N) is 1. The first-order valence-corrected chi connectivity index (χ1v) is 9.60. The van der Waals surface area contributed by atoms with Crippen LogP contribution in [0.25, 0.3) is 0 Å². The van der Waals surface area contributed by atoms with E-state index in [1.54, 1.807) is 0 Å². The van der Waals surface area contributed by atoms with Gasteiger partial charge in [-0.3, -0.25) is 9.59 Å². The zero-order chi connectivity index (χ0) is 20.5. The second-order valence-corrected chi connectivity index (χ2v) is 6.82. The first-order chi connectivity index (χ1) is 12.8. The van der Waals surface area contributed by atoms with E-state index in [9.17, 15) is 24.6 Å². The van der Waals surface area contributed by atoms with Gasteiger partial charge in [-0.1, -0.05) is 6.08 Å². The van der Waals surface area contributed by atoms with Crippen LogP contribution >= 0.6 is 0 Å². The van der Waals surface area contributed by atoms with Gasteiger partial charge in [-0.05, 0) is 25.7 Å². The van der Waals surface area contributed by atoms with E-state index >= 15 is 0 Å². The van der Waals surface area contributed by atoms with E-state index in [2.05, 4.69) is 11.9 Å². The predicted octanol–water partition coefficient (Wildman–Crippen LogP) is -2.94. The number of rotatable bonds is 18. The van der Waals surface area contributed by atoms with Crippen LogP contribution in [0.2, 0.25) is 0 Å². The number of carboxylic acid groups (broad SMARTS) is 2. The number of unbranched alkanes of at least 4 members (excludes halogenated alkanes) is 2. The topological polar surface area (TPSA) is 127 Å². The number of carbonyl (C=O) groups is 3. The van der Waals surface area contributed by atoms with Crippen LogP contribution in [0.4, 0.5) is 0 Å². The van der Waals surface area contributed by atoms with Crippen molar-refractivity contribution in [2.45, 2.75) is 51.4 Å². The Morgan fingerprint density at radius 2 is 1.61 bits per heavy atom. The number of hydrogen-bond acceptors (Lipinski definition) is 5. The number of aliphatic carboxylic acids is 2. The summed E-state index contributed by atoms with van der Waals surface area (Å²) >= 11 is 0. The molecule has 1 unspecified atom stereocenters. The number of allylic oxidation sites excluding steroid dienone is 1. The van der Waals surface area contributed by atoms with E-state index in [4.69, 9.17) is 5.11 Å². The van der Waals surface area contributed by atoms with Crippen molar-refractivity contribution >= 4 is 17.8 Å². The van der Waals surface area contributed by atoms with Gasteiger partial charge in [0.2, 0.25) is 5.91 Å². The first-order valence-electron chi connectivity index (χ1n) is 9.60. The van der Waals surface area contributed by atoms with E-state index < -0.39 is 11.9 Å². The summed E-state index contributed by atoms with van der Waals surface area (Å²) in [6, 6.07) is 0. The third kappa shape index (κ3) is 16.1. The standard InChI is InChI=1S/C19H34N2O6.Na/c1-2-3-4-5-8-17(23)20-11-14-21(15-16-22,12-6-9-18(24)25)13-7-10-19(26)27;/h2,22H,1,3-16H2,(H2-,20,23,24,25,26,27);/q;+1. The van der Waals surface area contributed by atoms with Crippen molar-refractivity contribution in [3.63, 3.8) is 0 Å². The molecule has 0 aromatic heterocycles. The molecule has 1 amide bonds. The molecule has 0 saturated carbocycles. The molecule has 0 heterocycles. The van der Waals surface area contributed by atoms with Crippen molar-refractivity contribution < 1.29 is 63.7 Å². The van der Waals surface area contributed by atoms with E-state index in [1.165, 1.54) is 0 Å². The van der Waals surface area contributed by atoms with Gasteiger partial charge in [-0.15, -0.1) is 6.58 Å². The molecule has 0 bridgehead atoms. The van der Waals surface area contributed by atoms with Gasteiger partial charge in [0.25, 0.3) is 0 Å². The zero-order valence-electron chi connectivity index (χ0n) is 17.2. The van der Waals surface area contributed by atoms with Gasteiger partial charge in [0.05, 0.1) is 39.2 Å². The first kappa shape index (κ1) is 29.3. The molecule has 8 nitrogen and oxygen atoms in total. The molecule has 28 heavy (non-hydrogen) atoms. The smallest absolute Gasteiger partial charge is 0.550 e. The van der Waals surface area contributed by atoms with Crippen LogP contribution in [0, 0.1) is 0 Å². The summed E-state index contributed by atoms with van der Waals surface area (Å²) in [6.07, 6.45) is 5.59. The van der Waals surface area contributed by atoms with Crippen molar-refractivity contribution in [1.82, 2.24) is 5.32 Å². The van der Waals surface area contributed by atoms with E-state index in [0.717, 1.165) is 19.3 Å². The third-order valence-electron chi connectivity index (χ3n) is 4.58. The van der Waals surface area contributed by atoms with E-state index in [1.807, 2.05) is 6.08 Å². The van der Waals surface area contributed by atoms with Gasteiger partial charge < -0.3 is 29.9 Å². The van der Waals surface area contributed by atoms with Crippen molar-refractivity contribution in [3.8, 4) is 0 Å². The molecule has 9 heteroatoms. The quantitative estimate of drug-likeness (QED) is 0.0962. The minimum atomic E-state index is -1.13. The molecule has 0 aliphatic heterocycles. The summed E-state index contributed by atoms with van der Waals surface area (Å²) in [6.45, 7) is 5.86. The van der Waals surface area contributed by atoms with Crippen LogP contribution in [0.15, 0.2) is 12.7 Å². The van der Waals surface area contributed by atoms with Gasteiger partial charge in [0.15, 0.2) is 0 Å². The van der Waals surface area contributed by atoms with Crippen molar-refractivity contribution in [3.05, 3.63) is 12.7 Å². The Morgan fingerprint density at radius 3 is 2.14 bits per heavy atom. The number of aliphatic hydroxyl groups is 1. The Morgan fingerprint density at radius 1 is 0.964 bits per heavy atom. The molecule has 156 valence electrons. The van der Waals surface area contributed by atoms with Gasteiger partial charge >= 0.3 is 35.5 Å². The molecule has 0 aromatic carbocycles. The number of amides is 1. The van der Waals surface area contributed by atoms with Crippen molar-refractivity contribution in [2.75, 3.05) is 39.3 Å². The molecule has 0 rings (SSSR count). The van der Waals surface area contributed by atoms with Crippen LogP contribution in [0.1, 0.15) is 51.4 Å². The summed E-state index contributed by atoms with van der Waals surface area (Å²) in [5, 5.41) is 31.8. The summed E-state index contributed by atoms with van der Waals surface area (Å²) in [5.41, 5.74) is 0. The zero-order valence-corrected chi connectivity index (χ0v) is 19.2. The molecule has 3 N–H and O–H groups in total. The fraction of sp³-hybridized carbons (Fsp3) is 0.737. The fourth-order valence-electron chi connectivity index (χ4n) is 3.10. The van der Waals surface area contributed by atoms with Crippen LogP contribution in [-0.2, 0) is 14.4 Å². The molecule has 1 atom stereocenters. The van der Waals surface area contributed by atoms with Crippen LogP contribution < -0.4 is 40.0 Å². The molecule has 0 fully saturated rings. The van der Waals surface area contributed by atoms with Crippen LogP contribution in [-0.4, -0.2) is 71.9 Å². The Hall–Kier alpha value is -0.930. The average Bonchev–Trinajstić information content (AvgIpc) is 2.58. The number of carbonyl (C=O) groups excluding carboxylic acids is 2. The van der Waals surface area contributed by atoms with E-state index in [0.29, 0.717) is 56.5 Å². The Kier molecular flexibility index (Phi) is 18.9. The largest absolute Gasteiger partial charge is 1.00 e. The summed E-state index contributed by atoms with van der Waals surface area (Å²) < 4.78 is 0.383. The van der Waals surface area contributed by atoms with E-state index in [-0.39, 0.29) is 54.9 Å². The van der Waals surface area contributed by atoms with Gasteiger partial charge in [-0.25, -0.2) is 0 Å². The summed E-state index contributed by atoms with van der Waals surface area (Å²) in [4.78, 5) is 33.4. The second-order valence-electron chi connectivity index (χ2n) is 6.82. The molecule has 0 aliphatic rings. The van der Waals surface area contributed by atoms with Gasteiger partial charge in [0, 0.05) is 25.2 Å². The fourth-order valence-corrected chi connectivity index (χ4v) is 3.10. The summed E-state index contributed by atoms with van der Waals surface area (Å²) in [5.74, 6) is -2.06. The van der Waals surface area contributed by atoms with Crippen LogP contribution in [0.5, 0.6) is 0 Å².